The number of likely N-dealkylation sites (N-methyl/N-ethyl adjacent to an activating group) is 1. The van der Waals surface area contributed by atoms with E-state index in [0.29, 0.717) is 48.8 Å². The van der Waals surface area contributed by atoms with Gasteiger partial charge in [-0.25, -0.2) is 0 Å². The van der Waals surface area contributed by atoms with Crippen molar-refractivity contribution in [3.63, 3.8) is 0 Å². The zero-order chi connectivity index (χ0) is 40.7. The molecule has 10 nitrogen and oxygen atoms in total. The molecule has 1 aliphatic carbocycles. The van der Waals surface area contributed by atoms with Crippen LogP contribution in [0.4, 0.5) is 5.69 Å². The van der Waals surface area contributed by atoms with Gasteiger partial charge in [0.15, 0.2) is 0 Å². The summed E-state index contributed by atoms with van der Waals surface area (Å²) in [7, 11) is 1.54. The van der Waals surface area contributed by atoms with Gasteiger partial charge in [0.1, 0.15) is 18.1 Å². The van der Waals surface area contributed by atoms with Gasteiger partial charge in [0.25, 0.3) is 5.91 Å². The Bertz CT molecular complexity index is 2220. The highest BCUT2D eigenvalue weighted by atomic mass is 16.3. The number of carbonyl (C=O) groups excluding carboxylic acids is 4. The summed E-state index contributed by atoms with van der Waals surface area (Å²) in [6, 6.07) is 29.4. The van der Waals surface area contributed by atoms with Gasteiger partial charge in [0.05, 0.1) is 6.54 Å². The first kappa shape index (κ1) is 39.0. The van der Waals surface area contributed by atoms with Crippen molar-refractivity contribution in [3.05, 3.63) is 129 Å². The molecule has 2 saturated heterocycles. The predicted molar refractivity (Wildman–Crippen MR) is 227 cm³/mol. The number of hydrogen-bond donors (Lipinski definition) is 2. The van der Waals surface area contributed by atoms with Crippen molar-refractivity contribution < 1.29 is 24.3 Å². The van der Waals surface area contributed by atoms with Gasteiger partial charge in [-0.3, -0.25) is 19.3 Å². The summed E-state index contributed by atoms with van der Waals surface area (Å²) in [5, 5.41) is 12.9. The fourth-order valence-corrected chi connectivity index (χ4v) is 10.9. The molecular weight excluding hydrogens is 739 g/mol. The van der Waals surface area contributed by atoms with Crippen LogP contribution in [-0.4, -0.2) is 89.6 Å². The van der Waals surface area contributed by atoms with Crippen LogP contribution in [0.3, 0.4) is 0 Å². The molecule has 0 bridgehead atoms. The van der Waals surface area contributed by atoms with E-state index in [-0.39, 0.29) is 36.5 Å². The minimum absolute atomic E-state index is 0.127. The van der Waals surface area contributed by atoms with Crippen LogP contribution in [0.5, 0.6) is 5.75 Å². The van der Waals surface area contributed by atoms with Gasteiger partial charge in [-0.1, -0.05) is 54.6 Å². The largest absolute Gasteiger partial charge is 0.508 e. The number of benzene rings is 4. The molecule has 4 aromatic rings. The van der Waals surface area contributed by atoms with Crippen LogP contribution < -0.4 is 10.2 Å². The molecule has 3 atom stereocenters. The third-order valence-corrected chi connectivity index (χ3v) is 14.3. The first-order valence-corrected chi connectivity index (χ1v) is 21.6. The molecular formula is C49H55N5O5. The number of phenolic OH excluding ortho intramolecular Hbond substituents is 1. The minimum atomic E-state index is -0.690. The fraction of sp³-hybridized carbons (Fsp3) is 0.429. The number of anilines is 1. The van der Waals surface area contributed by atoms with Gasteiger partial charge in [0.2, 0.25) is 11.8 Å². The van der Waals surface area contributed by atoms with Crippen molar-refractivity contribution in [3.8, 4) is 5.75 Å². The molecule has 4 heterocycles. The molecule has 0 radical (unpaired) electrons. The quantitative estimate of drug-likeness (QED) is 0.176. The van der Waals surface area contributed by atoms with Crippen molar-refractivity contribution in [2.45, 2.75) is 88.9 Å². The van der Waals surface area contributed by atoms with Crippen molar-refractivity contribution >= 4 is 29.7 Å². The molecule has 4 aliphatic heterocycles. The van der Waals surface area contributed by atoms with Crippen LogP contribution in [0.15, 0.2) is 84.9 Å². The topological polar surface area (TPSA) is 113 Å². The highest BCUT2D eigenvalue weighted by Gasteiger charge is 2.40. The van der Waals surface area contributed by atoms with Crippen LogP contribution in [0.1, 0.15) is 106 Å². The van der Waals surface area contributed by atoms with Crippen LogP contribution >= 0.6 is 0 Å². The number of amides is 3. The smallest absolute Gasteiger partial charge is 0.255 e. The first-order valence-electron chi connectivity index (χ1n) is 21.6. The first-order chi connectivity index (χ1) is 28.7. The van der Waals surface area contributed by atoms with Crippen molar-refractivity contribution in [2.24, 2.45) is 5.41 Å². The normalized spacial score (nSPS) is 21.5. The zero-order valence-corrected chi connectivity index (χ0v) is 34.1. The Morgan fingerprint density at radius 3 is 2.25 bits per heavy atom. The lowest BCUT2D eigenvalue weighted by atomic mass is 9.69. The summed E-state index contributed by atoms with van der Waals surface area (Å²) in [5.74, 6) is 0.638. The molecule has 4 aromatic carbocycles. The summed E-state index contributed by atoms with van der Waals surface area (Å²) >= 11 is 0. The molecule has 59 heavy (non-hydrogen) atoms. The van der Waals surface area contributed by atoms with E-state index < -0.39 is 6.04 Å². The van der Waals surface area contributed by atoms with Crippen LogP contribution in [0.25, 0.3) is 0 Å². The SMILES string of the molecule is CNC(=O)C(CCC=O)N1Cc2cc3c(cc2C1=O)CN(C(=O)CN1CCC2(CC1)CCN(c1ccc(C4c5ccc(O)cc5CCC4c4ccccc4)cc1)CC2)C3. The molecule has 0 aromatic heterocycles. The molecule has 3 amide bonds. The highest BCUT2D eigenvalue weighted by molar-refractivity contribution is 6.01. The lowest BCUT2D eigenvalue weighted by molar-refractivity contribution is -0.133. The maximum Gasteiger partial charge on any atom is 0.255 e. The van der Waals surface area contributed by atoms with E-state index in [9.17, 15) is 24.3 Å². The lowest BCUT2D eigenvalue weighted by Gasteiger charge is -2.47. The van der Waals surface area contributed by atoms with Gasteiger partial charge in [-0.05, 0) is 139 Å². The molecule has 10 heteroatoms. The molecule has 1 spiro atoms. The number of phenols is 1. The predicted octanol–water partition coefficient (Wildman–Crippen LogP) is 6.53. The summed E-state index contributed by atoms with van der Waals surface area (Å²) < 4.78 is 0. The Morgan fingerprint density at radius 1 is 0.831 bits per heavy atom. The summed E-state index contributed by atoms with van der Waals surface area (Å²) in [6.45, 7) is 5.69. The number of carbonyl (C=O) groups is 4. The van der Waals surface area contributed by atoms with E-state index in [4.69, 9.17) is 0 Å². The number of fused-ring (bicyclic) bond motifs is 3. The number of nitrogens with one attached hydrogen (secondary N) is 1. The summed E-state index contributed by atoms with van der Waals surface area (Å²) in [4.78, 5) is 59.1. The molecule has 0 saturated carbocycles. The molecule has 9 rings (SSSR count). The third kappa shape index (κ3) is 7.63. The van der Waals surface area contributed by atoms with Gasteiger partial charge < -0.3 is 29.9 Å². The molecule has 2 N–H and O–H groups in total. The van der Waals surface area contributed by atoms with Crippen molar-refractivity contribution in [1.82, 2.24) is 20.0 Å². The maximum atomic E-state index is 13.6. The Balaban J connectivity index is 0.775. The monoisotopic (exact) mass is 793 g/mol. The maximum absolute atomic E-state index is 13.6. The van der Waals surface area contributed by atoms with E-state index in [1.807, 2.05) is 29.2 Å². The Hall–Kier alpha value is -5.48. The van der Waals surface area contributed by atoms with Crippen molar-refractivity contribution in [2.75, 3.05) is 44.7 Å². The Kier molecular flexibility index (Phi) is 10.8. The Labute approximate surface area is 347 Å². The van der Waals surface area contributed by atoms with Gasteiger partial charge >= 0.3 is 0 Å². The van der Waals surface area contributed by atoms with Gasteiger partial charge in [-0.2, -0.15) is 0 Å². The second-order valence-corrected chi connectivity index (χ2v) is 17.6. The summed E-state index contributed by atoms with van der Waals surface area (Å²) in [5.41, 5.74) is 10.4. The average molecular weight is 794 g/mol. The standard InChI is InChI=1S/C49H55N5O5/c1-50-47(58)44(8-5-25-55)54-31-38-26-36-29-53(30-37(36)28-43(38)48(54)59)45(57)32-51-21-17-49(18-22-51)19-23-52(24-20-49)39-12-9-34(10-13-39)46-41(33-6-3-2-4-7-33)15-11-35-27-40(56)14-16-42(35)46/h2-4,6-7,9-10,12-14,16,25-28,41,44,46,56H,5,8,11,15,17-24,29-32H2,1H3,(H,50,58). The number of rotatable bonds is 10. The number of aldehydes is 1. The average Bonchev–Trinajstić information content (AvgIpc) is 3.83. The number of hydrogen-bond acceptors (Lipinski definition) is 7. The van der Waals surface area contributed by atoms with E-state index in [2.05, 4.69) is 75.8 Å². The van der Waals surface area contributed by atoms with Crippen LogP contribution in [0.2, 0.25) is 0 Å². The fourth-order valence-electron chi connectivity index (χ4n) is 10.9. The number of piperidine rings is 2. The highest BCUT2D eigenvalue weighted by Crippen LogP contribution is 2.48. The van der Waals surface area contributed by atoms with Gasteiger partial charge in [0, 0.05) is 63.4 Å². The minimum Gasteiger partial charge on any atom is -0.508 e. The second-order valence-electron chi connectivity index (χ2n) is 17.6. The molecule has 5 aliphatic rings. The molecule has 3 unspecified atom stereocenters. The number of likely N-dealkylation sites (tertiary alicyclic amines) is 1. The second kappa shape index (κ2) is 16.3. The third-order valence-electron chi connectivity index (χ3n) is 14.3. The van der Waals surface area contributed by atoms with Crippen LogP contribution in [-0.2, 0) is 40.4 Å². The number of aromatic hydroxyl groups is 1. The summed E-state index contributed by atoms with van der Waals surface area (Å²) in [6.07, 6.45) is 7.85. The van der Waals surface area contributed by atoms with E-state index in [1.54, 1.807) is 11.9 Å². The van der Waals surface area contributed by atoms with E-state index >= 15 is 0 Å². The Morgan fingerprint density at radius 2 is 1.54 bits per heavy atom. The zero-order valence-electron chi connectivity index (χ0n) is 34.1. The van der Waals surface area contributed by atoms with E-state index in [1.165, 1.54) is 27.9 Å². The van der Waals surface area contributed by atoms with Crippen LogP contribution in [0, 0.1) is 5.41 Å². The van der Waals surface area contributed by atoms with Gasteiger partial charge in [-0.15, -0.1) is 0 Å². The van der Waals surface area contributed by atoms with Crippen molar-refractivity contribution in [1.29, 1.82) is 0 Å². The number of aryl methyl sites for hydroxylation is 1. The molecule has 306 valence electrons. The lowest BCUT2D eigenvalue weighted by Crippen LogP contribution is -2.49. The number of nitrogens with zero attached hydrogens (tertiary/aromatic N) is 4. The van der Waals surface area contributed by atoms with E-state index in [0.717, 1.165) is 87.7 Å². The molecule has 2 fully saturated rings.